The summed E-state index contributed by atoms with van der Waals surface area (Å²) in [6, 6.07) is 8.28. The predicted molar refractivity (Wildman–Crippen MR) is 106 cm³/mol. The van der Waals surface area contributed by atoms with Crippen LogP contribution in [0.25, 0.3) is 0 Å². The van der Waals surface area contributed by atoms with Gasteiger partial charge in [0.15, 0.2) is 11.6 Å². The molecule has 9 nitrogen and oxygen atoms in total. The molecule has 0 N–H and O–H groups in total. The molecule has 10 heteroatoms. The molecule has 1 aliphatic rings. The highest BCUT2D eigenvalue weighted by molar-refractivity contribution is 5.36. The Morgan fingerprint density at radius 2 is 1.73 bits per heavy atom. The lowest BCUT2D eigenvalue weighted by molar-refractivity contribution is 0.340. The van der Waals surface area contributed by atoms with Crippen molar-refractivity contribution in [1.82, 2.24) is 24.9 Å². The zero-order valence-corrected chi connectivity index (χ0v) is 16.9. The summed E-state index contributed by atoms with van der Waals surface area (Å²) in [5.41, 5.74) is 0.744. The summed E-state index contributed by atoms with van der Waals surface area (Å²) >= 11 is 0. The Labute approximate surface area is 172 Å². The van der Waals surface area contributed by atoms with Crippen LogP contribution in [-0.2, 0) is 0 Å². The van der Waals surface area contributed by atoms with Crippen LogP contribution in [0.1, 0.15) is 23.9 Å². The number of nitrogens with zero attached hydrogens (tertiary/aromatic N) is 6. The lowest BCUT2D eigenvalue weighted by atomic mass is 10.1. The van der Waals surface area contributed by atoms with Crippen LogP contribution in [0.3, 0.4) is 0 Å². The molecule has 1 saturated heterocycles. The largest absolute Gasteiger partial charge is 0.467 e. The van der Waals surface area contributed by atoms with Gasteiger partial charge in [-0.05, 0) is 25.5 Å². The van der Waals surface area contributed by atoms with Gasteiger partial charge in [-0.25, -0.2) is 9.37 Å². The number of aromatic nitrogens is 5. The molecule has 156 valence electrons. The third-order valence-electron chi connectivity index (χ3n) is 4.68. The van der Waals surface area contributed by atoms with Crippen molar-refractivity contribution in [1.29, 1.82) is 0 Å². The zero-order valence-electron chi connectivity index (χ0n) is 16.9. The van der Waals surface area contributed by atoms with Crippen molar-refractivity contribution in [2.24, 2.45) is 0 Å². The van der Waals surface area contributed by atoms with Gasteiger partial charge in [-0.2, -0.15) is 15.0 Å². The Morgan fingerprint density at radius 1 is 1.00 bits per heavy atom. The molecule has 3 aromatic rings. The summed E-state index contributed by atoms with van der Waals surface area (Å²) in [4.78, 5) is 23.7. The number of anilines is 1. The van der Waals surface area contributed by atoms with Gasteiger partial charge < -0.3 is 19.1 Å². The van der Waals surface area contributed by atoms with E-state index in [1.807, 2.05) is 11.8 Å². The maximum atomic E-state index is 13.9. The quantitative estimate of drug-likeness (QED) is 0.605. The number of hydrogen-bond acceptors (Lipinski definition) is 9. The van der Waals surface area contributed by atoms with Crippen molar-refractivity contribution in [2.75, 3.05) is 32.2 Å². The van der Waals surface area contributed by atoms with Crippen LogP contribution in [0.15, 0.2) is 30.3 Å². The Balaban J connectivity index is 1.54. The van der Waals surface area contributed by atoms with Gasteiger partial charge in [-0.15, -0.1) is 4.98 Å². The van der Waals surface area contributed by atoms with Crippen molar-refractivity contribution in [3.63, 3.8) is 0 Å². The molecule has 2 aromatic heterocycles. The fourth-order valence-electron chi connectivity index (χ4n) is 3.24. The highest BCUT2D eigenvalue weighted by Gasteiger charge is 2.29. The molecule has 30 heavy (non-hydrogen) atoms. The smallest absolute Gasteiger partial charge is 0.324 e. The molecule has 0 saturated carbocycles. The number of hydrogen-bond donors (Lipinski definition) is 0. The maximum Gasteiger partial charge on any atom is 0.324 e. The number of methoxy groups -OCH3 is 2. The number of ether oxygens (including phenoxy) is 3. The number of halogens is 1. The SMILES string of the molecule is COc1nc(OC)nc(N2CCC(c3nc(C)cc(Oc4ccccc4F)n3)C2)n1. The fourth-order valence-corrected chi connectivity index (χ4v) is 3.24. The highest BCUT2D eigenvalue weighted by atomic mass is 19.1. The van der Waals surface area contributed by atoms with Gasteiger partial charge in [-0.3, -0.25) is 0 Å². The Bertz CT molecular complexity index is 1030. The van der Waals surface area contributed by atoms with E-state index >= 15 is 0 Å². The van der Waals surface area contributed by atoms with Crippen LogP contribution >= 0.6 is 0 Å². The summed E-state index contributed by atoms with van der Waals surface area (Å²) in [7, 11) is 2.98. The van der Waals surface area contributed by atoms with E-state index in [0.717, 1.165) is 12.1 Å². The lowest BCUT2D eigenvalue weighted by Crippen LogP contribution is -2.23. The van der Waals surface area contributed by atoms with Crippen LogP contribution in [0.2, 0.25) is 0 Å². The van der Waals surface area contributed by atoms with Crippen LogP contribution < -0.4 is 19.1 Å². The van der Waals surface area contributed by atoms with Gasteiger partial charge in [0, 0.05) is 30.8 Å². The molecule has 1 aliphatic heterocycles. The molecule has 4 rings (SSSR count). The topological polar surface area (TPSA) is 95.4 Å². The van der Waals surface area contributed by atoms with Crippen LogP contribution in [0.4, 0.5) is 10.3 Å². The summed E-state index contributed by atoms with van der Waals surface area (Å²) in [6.07, 6.45) is 0.804. The number of rotatable bonds is 6. The molecule has 1 atom stereocenters. The van der Waals surface area contributed by atoms with E-state index in [1.54, 1.807) is 24.3 Å². The molecule has 1 unspecified atom stereocenters. The molecule has 3 heterocycles. The summed E-state index contributed by atoms with van der Waals surface area (Å²) in [6.45, 7) is 3.18. The first kappa shape index (κ1) is 19.7. The third-order valence-corrected chi connectivity index (χ3v) is 4.68. The van der Waals surface area contributed by atoms with Crippen molar-refractivity contribution >= 4 is 5.95 Å². The maximum absolute atomic E-state index is 13.9. The van der Waals surface area contributed by atoms with Gasteiger partial charge in [0.25, 0.3) is 0 Å². The second kappa shape index (κ2) is 8.44. The first-order valence-corrected chi connectivity index (χ1v) is 9.42. The second-order valence-electron chi connectivity index (χ2n) is 6.78. The molecule has 0 spiro atoms. The van der Waals surface area contributed by atoms with Crippen molar-refractivity contribution in [3.05, 3.63) is 47.7 Å². The van der Waals surface area contributed by atoms with E-state index in [9.17, 15) is 4.39 Å². The van der Waals surface area contributed by atoms with Crippen molar-refractivity contribution in [3.8, 4) is 23.7 Å². The van der Waals surface area contributed by atoms with E-state index in [2.05, 4.69) is 24.9 Å². The van der Waals surface area contributed by atoms with Crippen molar-refractivity contribution < 1.29 is 18.6 Å². The van der Waals surface area contributed by atoms with E-state index < -0.39 is 5.82 Å². The normalized spacial score (nSPS) is 15.9. The Kier molecular flexibility index (Phi) is 5.55. The molecule has 1 aromatic carbocycles. The standard InChI is InChI=1S/C20H21FN6O3/c1-12-10-16(30-15-7-5-4-6-14(15)21)23-17(22-12)13-8-9-27(11-13)18-24-19(28-2)26-20(25-18)29-3/h4-7,10,13H,8-9,11H2,1-3H3. The molecular weight excluding hydrogens is 391 g/mol. The minimum Gasteiger partial charge on any atom is -0.467 e. The van der Waals surface area contributed by atoms with E-state index in [-0.39, 0.29) is 23.7 Å². The first-order valence-electron chi connectivity index (χ1n) is 9.42. The highest BCUT2D eigenvalue weighted by Crippen LogP contribution is 2.30. The van der Waals surface area contributed by atoms with E-state index in [1.165, 1.54) is 20.3 Å². The number of aryl methyl sites for hydroxylation is 1. The molecule has 0 radical (unpaired) electrons. The molecule has 0 bridgehead atoms. The summed E-state index contributed by atoms with van der Waals surface area (Å²) in [5.74, 6) is 1.14. The van der Waals surface area contributed by atoms with E-state index in [0.29, 0.717) is 30.7 Å². The average Bonchev–Trinajstić information content (AvgIpc) is 3.25. The minimum absolute atomic E-state index is 0.0432. The van der Waals surface area contributed by atoms with Crippen LogP contribution in [-0.4, -0.2) is 52.2 Å². The predicted octanol–water partition coefficient (Wildman–Crippen LogP) is 2.91. The zero-order chi connectivity index (χ0) is 21.1. The van der Waals surface area contributed by atoms with Gasteiger partial charge in [0.1, 0.15) is 5.82 Å². The van der Waals surface area contributed by atoms with Gasteiger partial charge in [0.2, 0.25) is 11.8 Å². The van der Waals surface area contributed by atoms with Gasteiger partial charge in [0.05, 0.1) is 14.2 Å². The van der Waals surface area contributed by atoms with Crippen molar-refractivity contribution in [2.45, 2.75) is 19.3 Å². The summed E-state index contributed by atoms with van der Waals surface area (Å²) in [5, 5.41) is 0. The van der Waals surface area contributed by atoms with Gasteiger partial charge >= 0.3 is 12.0 Å². The number of para-hydroxylation sites is 1. The Hall–Kier alpha value is -3.56. The average molecular weight is 412 g/mol. The monoisotopic (exact) mass is 412 g/mol. The molecule has 0 amide bonds. The van der Waals surface area contributed by atoms with Gasteiger partial charge in [-0.1, -0.05) is 12.1 Å². The second-order valence-corrected chi connectivity index (χ2v) is 6.78. The van der Waals surface area contributed by atoms with Crippen LogP contribution in [0.5, 0.6) is 23.7 Å². The molecular formula is C20H21FN6O3. The molecule has 1 fully saturated rings. The number of benzene rings is 1. The third kappa shape index (κ3) is 4.22. The van der Waals surface area contributed by atoms with E-state index in [4.69, 9.17) is 14.2 Å². The lowest BCUT2D eigenvalue weighted by Gasteiger charge is -2.17. The molecule has 0 aliphatic carbocycles. The fraction of sp³-hybridized carbons (Fsp3) is 0.350. The first-order chi connectivity index (χ1) is 14.6. The van der Waals surface area contributed by atoms with Crippen LogP contribution in [0, 0.1) is 12.7 Å². The minimum atomic E-state index is -0.444. The summed E-state index contributed by atoms with van der Waals surface area (Å²) < 4.78 is 29.8. The Morgan fingerprint density at radius 3 is 2.43 bits per heavy atom.